The lowest BCUT2D eigenvalue weighted by Crippen LogP contribution is -2.37. The monoisotopic (exact) mass is 379 g/mol. The van der Waals surface area contributed by atoms with Crippen molar-refractivity contribution in [3.05, 3.63) is 71.3 Å². The number of carbonyl (C=O) groups is 2. The number of urea groups is 1. The number of likely N-dealkylation sites (tertiary alicyclic amines) is 1. The number of hydrogen-bond donors (Lipinski definition) is 2. The first-order chi connectivity index (χ1) is 13.7. The zero-order chi connectivity index (χ0) is 19.8. The van der Waals surface area contributed by atoms with Gasteiger partial charge in [-0.1, -0.05) is 67.9 Å². The fourth-order valence-electron chi connectivity index (χ4n) is 3.64. The van der Waals surface area contributed by atoms with E-state index in [1.165, 1.54) is 0 Å². The molecule has 1 saturated heterocycles. The fraction of sp³-hybridized carbons (Fsp3) is 0.391. The molecule has 2 N–H and O–H groups in total. The highest BCUT2D eigenvalue weighted by molar-refractivity contribution is 5.78. The Labute approximate surface area is 167 Å². The molecular weight excluding hydrogens is 350 g/mol. The number of nitrogens with one attached hydrogen (secondary N) is 2. The molecule has 2 aromatic rings. The highest BCUT2D eigenvalue weighted by atomic mass is 16.2. The van der Waals surface area contributed by atoms with Crippen molar-refractivity contribution in [2.45, 2.75) is 51.7 Å². The lowest BCUT2D eigenvalue weighted by Gasteiger charge is -2.20. The third-order valence-electron chi connectivity index (χ3n) is 5.17. The Bertz CT molecular complexity index is 791. The van der Waals surface area contributed by atoms with Crippen molar-refractivity contribution < 1.29 is 9.59 Å². The van der Waals surface area contributed by atoms with Gasteiger partial charge in [0.15, 0.2) is 0 Å². The molecule has 3 rings (SSSR count). The van der Waals surface area contributed by atoms with Crippen LogP contribution in [0.25, 0.3) is 0 Å². The Morgan fingerprint density at radius 3 is 2.46 bits per heavy atom. The quantitative estimate of drug-likeness (QED) is 0.724. The molecule has 0 bridgehead atoms. The van der Waals surface area contributed by atoms with Crippen LogP contribution in [-0.4, -0.2) is 23.4 Å². The van der Waals surface area contributed by atoms with E-state index in [-0.39, 0.29) is 18.0 Å². The summed E-state index contributed by atoms with van der Waals surface area (Å²) in [5.74, 6) is 0.214. The zero-order valence-corrected chi connectivity index (χ0v) is 16.5. The third kappa shape index (κ3) is 5.35. The first-order valence-electron chi connectivity index (χ1n) is 10.1. The Morgan fingerprint density at radius 1 is 1.07 bits per heavy atom. The second kappa shape index (κ2) is 9.93. The van der Waals surface area contributed by atoms with Gasteiger partial charge in [0.2, 0.25) is 5.91 Å². The van der Waals surface area contributed by atoms with E-state index in [1.54, 1.807) is 0 Å². The van der Waals surface area contributed by atoms with Gasteiger partial charge in [0.1, 0.15) is 0 Å². The van der Waals surface area contributed by atoms with Crippen LogP contribution in [0.5, 0.6) is 0 Å². The summed E-state index contributed by atoms with van der Waals surface area (Å²) in [5, 5.41) is 6.07. The molecule has 148 valence electrons. The number of hydrogen-bond acceptors (Lipinski definition) is 2. The molecule has 1 aliphatic heterocycles. The van der Waals surface area contributed by atoms with E-state index in [0.29, 0.717) is 19.5 Å². The maximum Gasteiger partial charge on any atom is 0.315 e. The van der Waals surface area contributed by atoms with Gasteiger partial charge in [0.25, 0.3) is 0 Å². The predicted octanol–water partition coefficient (Wildman–Crippen LogP) is 4.15. The number of rotatable bonds is 8. The highest BCUT2D eigenvalue weighted by Gasteiger charge is 2.21. The second-order valence-electron chi connectivity index (χ2n) is 7.27. The smallest absolute Gasteiger partial charge is 0.315 e. The van der Waals surface area contributed by atoms with Crippen LogP contribution in [-0.2, 0) is 17.9 Å². The van der Waals surface area contributed by atoms with E-state index in [0.717, 1.165) is 42.5 Å². The van der Waals surface area contributed by atoms with Gasteiger partial charge < -0.3 is 15.5 Å². The maximum absolute atomic E-state index is 12.5. The minimum absolute atomic E-state index is 0.00339. The molecule has 0 unspecified atom stereocenters. The maximum atomic E-state index is 12.5. The molecule has 1 heterocycles. The third-order valence-corrected chi connectivity index (χ3v) is 5.17. The molecule has 28 heavy (non-hydrogen) atoms. The normalized spacial score (nSPS) is 14.8. The summed E-state index contributed by atoms with van der Waals surface area (Å²) in [6.07, 6.45) is 3.46. The first kappa shape index (κ1) is 19.9. The largest absolute Gasteiger partial charge is 0.338 e. The molecular formula is C23H29N3O2. The summed E-state index contributed by atoms with van der Waals surface area (Å²) in [7, 11) is 0. The van der Waals surface area contributed by atoms with Gasteiger partial charge in [0, 0.05) is 26.1 Å². The van der Waals surface area contributed by atoms with Crippen molar-refractivity contribution in [1.82, 2.24) is 15.5 Å². The molecule has 0 aliphatic carbocycles. The van der Waals surface area contributed by atoms with Gasteiger partial charge >= 0.3 is 6.03 Å². The number of nitrogens with zero attached hydrogens (tertiary/aromatic N) is 1. The van der Waals surface area contributed by atoms with E-state index in [4.69, 9.17) is 0 Å². The topological polar surface area (TPSA) is 61.4 Å². The van der Waals surface area contributed by atoms with Gasteiger partial charge in [-0.15, -0.1) is 0 Å². The van der Waals surface area contributed by atoms with Gasteiger partial charge in [-0.05, 0) is 29.5 Å². The van der Waals surface area contributed by atoms with Gasteiger partial charge in [0.05, 0.1) is 6.04 Å². The average molecular weight is 380 g/mol. The Morgan fingerprint density at radius 2 is 1.79 bits per heavy atom. The van der Waals surface area contributed by atoms with Crippen molar-refractivity contribution >= 4 is 11.9 Å². The number of benzene rings is 2. The van der Waals surface area contributed by atoms with Gasteiger partial charge in [-0.2, -0.15) is 0 Å². The molecule has 1 fully saturated rings. The summed E-state index contributed by atoms with van der Waals surface area (Å²) in [6.45, 7) is 3.99. The summed E-state index contributed by atoms with van der Waals surface area (Å²) >= 11 is 0. The molecule has 3 amide bonds. The molecule has 0 saturated carbocycles. The SMILES string of the molecule is CCC[C@H](NC(=O)NCc1ccccc1CN1CCCC1=O)c1ccccc1. The molecule has 2 aromatic carbocycles. The van der Waals surface area contributed by atoms with Crippen molar-refractivity contribution in [2.75, 3.05) is 6.54 Å². The first-order valence-corrected chi connectivity index (χ1v) is 10.1. The van der Waals surface area contributed by atoms with Crippen molar-refractivity contribution in [1.29, 1.82) is 0 Å². The summed E-state index contributed by atoms with van der Waals surface area (Å²) < 4.78 is 0. The van der Waals surface area contributed by atoms with Crippen LogP contribution in [0, 0.1) is 0 Å². The standard InChI is InChI=1S/C23H29N3O2/c1-2-9-21(18-10-4-3-5-11-18)25-23(28)24-16-19-12-6-7-13-20(19)17-26-15-8-14-22(26)27/h3-7,10-13,21H,2,8-9,14-17H2,1H3,(H2,24,25,28)/t21-/m0/s1. The number of amides is 3. The van der Waals surface area contributed by atoms with Crippen LogP contribution in [0.4, 0.5) is 4.79 Å². The Balaban J connectivity index is 1.59. The fourth-order valence-corrected chi connectivity index (χ4v) is 3.64. The van der Waals surface area contributed by atoms with Crippen LogP contribution in [0.3, 0.4) is 0 Å². The molecule has 5 nitrogen and oxygen atoms in total. The van der Waals surface area contributed by atoms with E-state index in [2.05, 4.69) is 17.6 Å². The molecule has 1 aliphatic rings. The molecule has 1 atom stereocenters. The summed E-state index contributed by atoms with van der Waals surface area (Å²) in [5.41, 5.74) is 3.25. The number of carbonyl (C=O) groups excluding carboxylic acids is 2. The van der Waals surface area contributed by atoms with Gasteiger partial charge in [-0.25, -0.2) is 4.79 Å². The zero-order valence-electron chi connectivity index (χ0n) is 16.5. The van der Waals surface area contributed by atoms with E-state index >= 15 is 0 Å². The van der Waals surface area contributed by atoms with Crippen LogP contribution < -0.4 is 10.6 Å². The Kier molecular flexibility index (Phi) is 7.06. The van der Waals surface area contributed by atoms with Crippen LogP contribution in [0.2, 0.25) is 0 Å². The predicted molar refractivity (Wildman–Crippen MR) is 111 cm³/mol. The van der Waals surface area contributed by atoms with E-state index in [1.807, 2.05) is 59.5 Å². The van der Waals surface area contributed by atoms with Crippen LogP contribution in [0.1, 0.15) is 55.3 Å². The minimum Gasteiger partial charge on any atom is -0.338 e. The second-order valence-corrected chi connectivity index (χ2v) is 7.27. The van der Waals surface area contributed by atoms with Crippen molar-refractivity contribution in [2.24, 2.45) is 0 Å². The lowest BCUT2D eigenvalue weighted by atomic mass is 10.0. The average Bonchev–Trinajstić information content (AvgIpc) is 3.12. The molecule has 5 heteroatoms. The van der Waals surface area contributed by atoms with Crippen molar-refractivity contribution in [3.63, 3.8) is 0 Å². The van der Waals surface area contributed by atoms with E-state index in [9.17, 15) is 9.59 Å². The van der Waals surface area contributed by atoms with Crippen LogP contribution in [0.15, 0.2) is 54.6 Å². The van der Waals surface area contributed by atoms with Crippen molar-refractivity contribution in [3.8, 4) is 0 Å². The van der Waals surface area contributed by atoms with Crippen LogP contribution >= 0.6 is 0 Å². The highest BCUT2D eigenvalue weighted by Crippen LogP contribution is 2.19. The molecule has 0 radical (unpaired) electrons. The lowest BCUT2D eigenvalue weighted by molar-refractivity contribution is -0.128. The minimum atomic E-state index is -0.172. The Hall–Kier alpha value is -2.82. The van der Waals surface area contributed by atoms with Gasteiger partial charge in [-0.3, -0.25) is 4.79 Å². The molecule has 0 aromatic heterocycles. The summed E-state index contributed by atoms with van der Waals surface area (Å²) in [6, 6.07) is 17.9. The summed E-state index contributed by atoms with van der Waals surface area (Å²) in [4.78, 5) is 26.3. The molecule has 0 spiro atoms. The van der Waals surface area contributed by atoms with E-state index < -0.39 is 0 Å².